The van der Waals surface area contributed by atoms with Crippen molar-refractivity contribution in [1.29, 1.82) is 0 Å². The average molecular weight is 453 g/mol. The Labute approximate surface area is 220 Å². The van der Waals surface area contributed by atoms with Crippen LogP contribution >= 0.6 is 0 Å². The van der Waals surface area contributed by atoms with Gasteiger partial charge in [0.25, 0.3) is 10.1 Å². The van der Waals surface area contributed by atoms with Gasteiger partial charge in [0.1, 0.15) is 4.75 Å². The second-order valence-electron chi connectivity index (χ2n) is 7.30. The molecule has 0 amide bonds. The summed E-state index contributed by atoms with van der Waals surface area (Å²) >= 11 is 0. The number of rotatable bonds is 17. The van der Waals surface area contributed by atoms with Gasteiger partial charge in [0.2, 0.25) is 0 Å². The second-order valence-corrected chi connectivity index (χ2v) is 8.98. The number of unbranched alkanes of at least 4 members (excludes halogenated alkanes) is 8. The van der Waals surface area contributed by atoms with E-state index < -0.39 is 39.1 Å². The molecule has 1 N–H and O–H groups in total. The van der Waals surface area contributed by atoms with E-state index in [-0.39, 0.29) is 72.0 Å². The van der Waals surface area contributed by atoms with E-state index in [0.29, 0.717) is 12.8 Å². The zero-order valence-electron chi connectivity index (χ0n) is 18.6. The van der Waals surface area contributed by atoms with Crippen molar-refractivity contribution in [3.05, 3.63) is 0 Å². The Morgan fingerprint density at radius 1 is 0.828 bits per heavy atom. The maximum atomic E-state index is 12.0. The van der Waals surface area contributed by atoms with E-state index in [2.05, 4.69) is 6.92 Å². The van der Waals surface area contributed by atoms with Crippen molar-refractivity contribution in [1.82, 2.24) is 0 Å². The summed E-state index contributed by atoms with van der Waals surface area (Å²) in [7, 11) is -5.19. The summed E-state index contributed by atoms with van der Waals surface area (Å²) in [5.41, 5.74) is 0. The van der Waals surface area contributed by atoms with Crippen LogP contribution in [0.25, 0.3) is 0 Å². The minimum Gasteiger partial charge on any atom is -0.550 e. The Bertz CT molecular complexity index is 555. The molecule has 0 bridgehead atoms. The zero-order chi connectivity index (χ0) is 20.9. The number of hydrogen-bond acceptors (Lipinski definition) is 6. The molecule has 29 heavy (non-hydrogen) atoms. The van der Waals surface area contributed by atoms with Crippen LogP contribution in [0.3, 0.4) is 0 Å². The van der Waals surface area contributed by atoms with E-state index in [0.717, 1.165) is 51.4 Å². The fourth-order valence-electron chi connectivity index (χ4n) is 3.60. The summed E-state index contributed by atoms with van der Waals surface area (Å²) in [5, 5.41) is 22.8. The van der Waals surface area contributed by atoms with Gasteiger partial charge in [0.05, 0.1) is 5.97 Å². The predicted octanol–water partition coefficient (Wildman–Crippen LogP) is -4.15. The van der Waals surface area contributed by atoms with Crippen LogP contribution in [0.15, 0.2) is 0 Å². The molecule has 10 heteroatoms. The summed E-state index contributed by atoms with van der Waals surface area (Å²) in [6.07, 6.45) is 8.03. The normalized spacial score (nSPS) is 14.2. The van der Waals surface area contributed by atoms with Crippen molar-refractivity contribution >= 4 is 22.1 Å². The summed E-state index contributed by atoms with van der Waals surface area (Å²) in [6.45, 7) is 4.06. The molecule has 0 spiro atoms. The molecule has 0 fully saturated rings. The molecular weight excluding hydrogens is 418 g/mol. The molecule has 0 radical (unpaired) electrons. The van der Waals surface area contributed by atoms with Gasteiger partial charge in [-0.25, -0.2) is 0 Å². The van der Waals surface area contributed by atoms with Crippen molar-refractivity contribution in [2.45, 2.75) is 102 Å². The van der Waals surface area contributed by atoms with Crippen molar-refractivity contribution < 1.29 is 91.9 Å². The molecule has 0 aromatic carbocycles. The van der Waals surface area contributed by atoms with Crippen molar-refractivity contribution in [3.8, 4) is 0 Å². The van der Waals surface area contributed by atoms with Gasteiger partial charge in [-0.1, -0.05) is 78.1 Å². The van der Waals surface area contributed by atoms with Crippen LogP contribution in [-0.4, -0.2) is 29.7 Å². The quantitative estimate of drug-likeness (QED) is 0.134. The van der Waals surface area contributed by atoms with Crippen LogP contribution in [0.2, 0.25) is 0 Å². The van der Waals surface area contributed by atoms with Gasteiger partial charge >= 0.3 is 59.1 Å². The SMILES string of the molecule is CCCCCCCCCC(CCCCC)C(CC(=O)[O-])(C(=O)[O-])S(=O)(=O)O.[Na+].[Na+]. The third kappa shape index (κ3) is 12.5. The molecule has 0 aromatic heterocycles. The van der Waals surface area contributed by atoms with E-state index in [4.69, 9.17) is 0 Å². The first-order valence-corrected chi connectivity index (χ1v) is 11.5. The number of aliphatic carboxylic acids is 2. The van der Waals surface area contributed by atoms with Crippen LogP contribution in [0, 0.1) is 5.92 Å². The molecule has 0 aliphatic carbocycles. The van der Waals surface area contributed by atoms with Gasteiger partial charge in [-0.2, -0.15) is 8.42 Å². The van der Waals surface area contributed by atoms with Gasteiger partial charge in [-0.05, 0) is 18.8 Å². The Morgan fingerprint density at radius 3 is 1.59 bits per heavy atom. The molecule has 0 aromatic rings. The van der Waals surface area contributed by atoms with E-state index in [9.17, 15) is 32.8 Å². The van der Waals surface area contributed by atoms with Gasteiger partial charge in [0, 0.05) is 12.4 Å². The van der Waals surface area contributed by atoms with Gasteiger partial charge < -0.3 is 19.8 Å². The molecule has 2 atom stereocenters. The molecule has 0 aliphatic rings. The summed E-state index contributed by atoms with van der Waals surface area (Å²) in [5.74, 6) is -4.94. The standard InChI is InChI=1S/C19H36O7S.2Na/c1-3-5-7-8-9-10-12-14-16(13-11-6-4-2)19(18(22)23,15-17(20)21)27(24,25)26;;/h16H,3-15H2,1-2H3,(H,20,21)(H,22,23)(H,24,25,26);;/q;2*+1/p-2. The second kappa shape index (κ2) is 18.4. The number of carboxylic acids is 2. The topological polar surface area (TPSA) is 135 Å². The van der Waals surface area contributed by atoms with Crippen LogP contribution in [0.5, 0.6) is 0 Å². The van der Waals surface area contributed by atoms with Crippen LogP contribution in [0.4, 0.5) is 0 Å². The van der Waals surface area contributed by atoms with Crippen molar-refractivity contribution in [2.24, 2.45) is 5.92 Å². The molecule has 160 valence electrons. The summed E-state index contributed by atoms with van der Waals surface area (Å²) < 4.78 is 30.7. The third-order valence-corrected chi connectivity index (χ3v) is 6.75. The van der Waals surface area contributed by atoms with E-state index in [1.54, 1.807) is 0 Å². The maximum absolute atomic E-state index is 12.0. The number of carboxylic acid groups (broad SMARTS) is 2. The molecule has 0 heterocycles. The smallest absolute Gasteiger partial charge is 0.550 e. The number of carbonyl (C=O) groups is 2. The van der Waals surface area contributed by atoms with Gasteiger partial charge in [-0.15, -0.1) is 0 Å². The van der Waals surface area contributed by atoms with Gasteiger partial charge in [0.15, 0.2) is 0 Å². The summed E-state index contributed by atoms with van der Waals surface area (Å²) in [6, 6.07) is 0. The minimum absolute atomic E-state index is 0. The first-order chi connectivity index (χ1) is 12.6. The monoisotopic (exact) mass is 452 g/mol. The first kappa shape index (κ1) is 34.5. The van der Waals surface area contributed by atoms with Crippen LogP contribution in [0.1, 0.15) is 97.3 Å². The molecule has 0 rings (SSSR count). The fourth-order valence-corrected chi connectivity index (χ4v) is 4.77. The first-order valence-electron chi connectivity index (χ1n) is 10.0. The van der Waals surface area contributed by atoms with E-state index in [1.807, 2.05) is 6.92 Å². The largest absolute Gasteiger partial charge is 1.00 e. The maximum Gasteiger partial charge on any atom is 1.00 e. The third-order valence-electron chi connectivity index (χ3n) is 5.18. The Hall–Kier alpha value is 0.850. The molecule has 0 saturated heterocycles. The van der Waals surface area contributed by atoms with E-state index in [1.165, 1.54) is 0 Å². The number of carbonyl (C=O) groups excluding carboxylic acids is 2. The minimum atomic E-state index is -5.19. The predicted molar refractivity (Wildman–Crippen MR) is 99.2 cm³/mol. The van der Waals surface area contributed by atoms with Crippen LogP contribution in [-0.2, 0) is 19.7 Å². The molecule has 2 unspecified atom stereocenters. The van der Waals surface area contributed by atoms with Crippen molar-refractivity contribution in [3.63, 3.8) is 0 Å². The van der Waals surface area contributed by atoms with Crippen molar-refractivity contribution in [2.75, 3.05) is 0 Å². The Balaban J connectivity index is -0.00000338. The molecular formula is C19H34Na2O7S. The number of hydrogen-bond donors (Lipinski definition) is 1. The average Bonchev–Trinajstić information content (AvgIpc) is 2.56. The molecule has 0 aliphatic heterocycles. The van der Waals surface area contributed by atoms with Gasteiger partial charge in [-0.3, -0.25) is 4.55 Å². The summed E-state index contributed by atoms with van der Waals surface area (Å²) in [4.78, 5) is 22.8. The van der Waals surface area contributed by atoms with Crippen LogP contribution < -0.4 is 69.3 Å². The zero-order valence-corrected chi connectivity index (χ0v) is 23.4. The Morgan fingerprint density at radius 2 is 1.21 bits per heavy atom. The van der Waals surface area contributed by atoms with E-state index >= 15 is 0 Å². The Kier molecular flexibility index (Phi) is 21.9. The molecule has 7 nitrogen and oxygen atoms in total. The molecule has 0 saturated carbocycles. The fraction of sp³-hybridized carbons (Fsp3) is 0.895.